The minimum Gasteiger partial charge on any atom is -0.351 e. The van der Waals surface area contributed by atoms with Gasteiger partial charge in [0.25, 0.3) is 0 Å². The van der Waals surface area contributed by atoms with Crippen LogP contribution in [0.2, 0.25) is 0 Å². The maximum atomic E-state index is 11.4. The van der Waals surface area contributed by atoms with Gasteiger partial charge in [0.15, 0.2) is 9.84 Å². The molecule has 0 radical (unpaired) electrons. The van der Waals surface area contributed by atoms with Crippen LogP contribution < -0.4 is 5.32 Å². The van der Waals surface area contributed by atoms with Gasteiger partial charge in [0.05, 0.1) is 4.90 Å². The monoisotopic (exact) mass is 292 g/mol. The highest BCUT2D eigenvalue weighted by molar-refractivity contribution is 7.90. The highest BCUT2D eigenvalue weighted by Crippen LogP contribution is 2.10. The zero-order chi connectivity index (χ0) is 14.6. The molecular weight excluding hydrogens is 272 g/mol. The molecule has 108 valence electrons. The van der Waals surface area contributed by atoms with Gasteiger partial charge >= 0.3 is 0 Å². The van der Waals surface area contributed by atoms with E-state index in [0.717, 1.165) is 25.2 Å². The van der Waals surface area contributed by atoms with Crippen LogP contribution in [0.5, 0.6) is 0 Å². The van der Waals surface area contributed by atoms with E-state index in [1.807, 2.05) is 18.2 Å². The van der Waals surface area contributed by atoms with E-state index in [9.17, 15) is 8.42 Å². The fourth-order valence-corrected chi connectivity index (χ4v) is 2.74. The standard InChI is InChI=1S/C15H20N2O2S/c1-3-17-10-4-5-14(17)12-16-11-13-6-8-15(9-7-13)20(2,18)19/h4-10,16H,3,11-12H2,1-2H3. The third-order valence-corrected chi connectivity index (χ3v) is 4.38. The fourth-order valence-electron chi connectivity index (χ4n) is 2.11. The quantitative estimate of drug-likeness (QED) is 0.888. The van der Waals surface area contributed by atoms with Crippen molar-refractivity contribution in [1.29, 1.82) is 0 Å². The molecule has 0 amide bonds. The number of hydrogen-bond acceptors (Lipinski definition) is 3. The summed E-state index contributed by atoms with van der Waals surface area (Å²) in [4.78, 5) is 0.362. The van der Waals surface area contributed by atoms with Gasteiger partial charge < -0.3 is 9.88 Å². The van der Waals surface area contributed by atoms with Crippen molar-refractivity contribution in [2.24, 2.45) is 0 Å². The van der Waals surface area contributed by atoms with Crippen molar-refractivity contribution >= 4 is 9.84 Å². The van der Waals surface area contributed by atoms with E-state index >= 15 is 0 Å². The number of hydrogen-bond donors (Lipinski definition) is 1. The lowest BCUT2D eigenvalue weighted by molar-refractivity contribution is 0.601. The minimum absolute atomic E-state index is 0.362. The third kappa shape index (κ3) is 3.71. The van der Waals surface area contributed by atoms with E-state index in [-0.39, 0.29) is 0 Å². The first kappa shape index (κ1) is 14.8. The van der Waals surface area contributed by atoms with Crippen LogP contribution in [0, 0.1) is 0 Å². The molecule has 0 bridgehead atoms. The molecule has 0 fully saturated rings. The maximum Gasteiger partial charge on any atom is 0.175 e. The molecule has 5 heteroatoms. The van der Waals surface area contributed by atoms with Gasteiger partial charge in [-0.2, -0.15) is 0 Å². The van der Waals surface area contributed by atoms with Crippen molar-refractivity contribution in [3.8, 4) is 0 Å². The van der Waals surface area contributed by atoms with Gasteiger partial charge in [0.2, 0.25) is 0 Å². The predicted molar refractivity (Wildman–Crippen MR) is 80.2 cm³/mol. The molecule has 20 heavy (non-hydrogen) atoms. The molecular formula is C15H20N2O2S. The highest BCUT2D eigenvalue weighted by atomic mass is 32.2. The molecule has 1 heterocycles. The van der Waals surface area contributed by atoms with Crippen LogP contribution in [-0.2, 0) is 29.5 Å². The average Bonchev–Trinajstić information content (AvgIpc) is 2.86. The molecule has 2 aromatic rings. The molecule has 0 saturated heterocycles. The number of aromatic nitrogens is 1. The lowest BCUT2D eigenvalue weighted by Crippen LogP contribution is -2.15. The maximum absolute atomic E-state index is 11.4. The second-order valence-electron chi connectivity index (χ2n) is 4.81. The Balaban J connectivity index is 1.92. The van der Waals surface area contributed by atoms with E-state index in [1.165, 1.54) is 11.9 Å². The molecule has 1 N–H and O–H groups in total. The Morgan fingerprint density at radius 3 is 2.40 bits per heavy atom. The van der Waals surface area contributed by atoms with E-state index in [2.05, 4.69) is 29.1 Å². The van der Waals surface area contributed by atoms with E-state index < -0.39 is 9.84 Å². The Morgan fingerprint density at radius 1 is 1.10 bits per heavy atom. The van der Waals surface area contributed by atoms with Gasteiger partial charge in [0, 0.05) is 37.8 Å². The van der Waals surface area contributed by atoms with Crippen molar-refractivity contribution in [2.75, 3.05) is 6.26 Å². The van der Waals surface area contributed by atoms with Crippen LogP contribution in [0.15, 0.2) is 47.5 Å². The van der Waals surface area contributed by atoms with Crippen LogP contribution in [0.1, 0.15) is 18.2 Å². The Hall–Kier alpha value is -1.59. The van der Waals surface area contributed by atoms with Crippen molar-refractivity contribution in [3.63, 3.8) is 0 Å². The van der Waals surface area contributed by atoms with Gasteiger partial charge in [-0.15, -0.1) is 0 Å². The largest absolute Gasteiger partial charge is 0.351 e. The number of sulfone groups is 1. The molecule has 0 spiro atoms. The molecule has 0 aliphatic heterocycles. The van der Waals surface area contributed by atoms with Crippen molar-refractivity contribution < 1.29 is 8.42 Å². The molecule has 0 unspecified atom stereocenters. The number of aryl methyl sites for hydroxylation is 1. The van der Waals surface area contributed by atoms with Crippen molar-refractivity contribution in [2.45, 2.75) is 31.5 Å². The SMILES string of the molecule is CCn1cccc1CNCc1ccc(S(C)(=O)=O)cc1. The summed E-state index contributed by atoms with van der Waals surface area (Å²) in [6, 6.07) is 11.2. The Kier molecular flexibility index (Phi) is 4.62. The summed E-state index contributed by atoms with van der Waals surface area (Å²) in [5.74, 6) is 0. The van der Waals surface area contributed by atoms with Gasteiger partial charge in [-0.05, 0) is 36.8 Å². The smallest absolute Gasteiger partial charge is 0.175 e. The second-order valence-corrected chi connectivity index (χ2v) is 6.82. The number of rotatable bonds is 6. The summed E-state index contributed by atoms with van der Waals surface area (Å²) in [6.45, 7) is 4.61. The van der Waals surface area contributed by atoms with Gasteiger partial charge in [0.1, 0.15) is 0 Å². The summed E-state index contributed by atoms with van der Waals surface area (Å²) >= 11 is 0. The molecule has 1 aromatic carbocycles. The molecule has 0 atom stereocenters. The molecule has 0 aliphatic rings. The predicted octanol–water partition coefficient (Wildman–Crippen LogP) is 2.20. The third-order valence-electron chi connectivity index (χ3n) is 3.25. The van der Waals surface area contributed by atoms with Gasteiger partial charge in [-0.3, -0.25) is 0 Å². The fraction of sp³-hybridized carbons (Fsp3) is 0.333. The molecule has 0 aliphatic carbocycles. The molecule has 2 rings (SSSR count). The Labute approximate surface area is 120 Å². The number of benzene rings is 1. The van der Waals surface area contributed by atoms with E-state index in [1.54, 1.807) is 12.1 Å². The van der Waals surface area contributed by atoms with Crippen LogP contribution in [0.4, 0.5) is 0 Å². The lowest BCUT2D eigenvalue weighted by atomic mass is 10.2. The number of nitrogens with one attached hydrogen (secondary N) is 1. The Bertz CT molecular complexity index is 657. The number of nitrogens with zero attached hydrogens (tertiary/aromatic N) is 1. The summed E-state index contributed by atoms with van der Waals surface area (Å²) in [5.41, 5.74) is 2.33. The van der Waals surface area contributed by atoms with Crippen LogP contribution in [0.3, 0.4) is 0 Å². The van der Waals surface area contributed by atoms with Gasteiger partial charge in [-0.25, -0.2) is 8.42 Å². The van der Waals surface area contributed by atoms with E-state index in [4.69, 9.17) is 0 Å². The average molecular weight is 292 g/mol. The molecule has 1 aromatic heterocycles. The van der Waals surface area contributed by atoms with Crippen LogP contribution >= 0.6 is 0 Å². The summed E-state index contributed by atoms with van der Waals surface area (Å²) in [5, 5.41) is 3.37. The van der Waals surface area contributed by atoms with Crippen molar-refractivity contribution in [1.82, 2.24) is 9.88 Å². The normalized spacial score (nSPS) is 11.7. The van der Waals surface area contributed by atoms with Gasteiger partial charge in [-0.1, -0.05) is 12.1 Å². The summed E-state index contributed by atoms with van der Waals surface area (Å²) in [7, 11) is -3.11. The van der Waals surface area contributed by atoms with E-state index in [0.29, 0.717) is 4.90 Å². The zero-order valence-corrected chi connectivity index (χ0v) is 12.7. The Morgan fingerprint density at radius 2 is 1.80 bits per heavy atom. The summed E-state index contributed by atoms with van der Waals surface area (Å²) in [6.07, 6.45) is 3.29. The minimum atomic E-state index is -3.11. The van der Waals surface area contributed by atoms with Crippen molar-refractivity contribution in [3.05, 3.63) is 53.9 Å². The van der Waals surface area contributed by atoms with Crippen LogP contribution in [0.25, 0.3) is 0 Å². The first-order chi connectivity index (χ1) is 9.50. The molecule has 4 nitrogen and oxygen atoms in total. The van der Waals surface area contributed by atoms with Crippen LogP contribution in [-0.4, -0.2) is 19.2 Å². The topological polar surface area (TPSA) is 51.1 Å². The molecule has 0 saturated carbocycles. The second kappa shape index (κ2) is 6.24. The first-order valence-electron chi connectivity index (χ1n) is 6.64. The lowest BCUT2D eigenvalue weighted by Gasteiger charge is -2.08. The summed E-state index contributed by atoms with van der Waals surface area (Å²) < 4.78 is 24.9. The first-order valence-corrected chi connectivity index (χ1v) is 8.53. The zero-order valence-electron chi connectivity index (χ0n) is 11.8. The highest BCUT2D eigenvalue weighted by Gasteiger charge is 2.06.